The molecule has 1 aliphatic heterocycles. The van der Waals surface area contributed by atoms with Gasteiger partial charge in [-0.15, -0.1) is 0 Å². The first-order chi connectivity index (χ1) is 19.7. The standard InChI is InChI=1S/C29H35FN4O7/c1-4-12-38-26-23-27(33-29(32-26)40-21-10-6-5-8-19(21)30)41-25(31-23)18-13-16(2)24(17(3)14-18)39-15-22(35)34-11-7-9-20(34)28(36)37/h13-14,19-21H,4-12,15H2,1-3H3,(H,36,37)/t19-,20+,21?/m1/s1. The Kier molecular flexibility index (Phi) is 8.55. The lowest BCUT2D eigenvalue weighted by Crippen LogP contribution is -2.42. The molecule has 2 fully saturated rings. The van der Waals surface area contributed by atoms with Gasteiger partial charge in [0.25, 0.3) is 17.5 Å². The molecule has 2 aromatic heterocycles. The number of amides is 1. The van der Waals surface area contributed by atoms with Crippen LogP contribution in [0.5, 0.6) is 17.6 Å². The van der Waals surface area contributed by atoms with Crippen molar-refractivity contribution in [2.45, 2.75) is 84.0 Å². The fraction of sp³-hybridized carbons (Fsp3) is 0.552. The fourth-order valence-corrected chi connectivity index (χ4v) is 5.41. The van der Waals surface area contributed by atoms with E-state index in [4.69, 9.17) is 18.6 Å². The minimum Gasteiger partial charge on any atom is -0.483 e. The number of ether oxygens (including phenoxy) is 3. The van der Waals surface area contributed by atoms with Crippen molar-refractivity contribution in [2.75, 3.05) is 19.8 Å². The highest BCUT2D eigenvalue weighted by Gasteiger charge is 2.34. The average Bonchev–Trinajstić information content (AvgIpc) is 3.60. The van der Waals surface area contributed by atoms with Crippen molar-refractivity contribution < 1.29 is 37.7 Å². The van der Waals surface area contributed by atoms with E-state index in [1.165, 1.54) is 4.90 Å². The molecule has 12 heteroatoms. The Balaban J connectivity index is 1.37. The second-order valence-electron chi connectivity index (χ2n) is 10.6. The average molecular weight is 571 g/mol. The summed E-state index contributed by atoms with van der Waals surface area (Å²) >= 11 is 0. The molecular formula is C29H35FN4O7. The predicted octanol–water partition coefficient (Wildman–Crippen LogP) is 4.80. The van der Waals surface area contributed by atoms with Gasteiger partial charge in [0.1, 0.15) is 24.1 Å². The van der Waals surface area contributed by atoms with Gasteiger partial charge in [-0.3, -0.25) is 4.79 Å². The van der Waals surface area contributed by atoms with E-state index in [-0.39, 0.29) is 36.0 Å². The first-order valence-corrected chi connectivity index (χ1v) is 14.1. The van der Waals surface area contributed by atoms with Crippen LogP contribution in [0, 0.1) is 13.8 Å². The van der Waals surface area contributed by atoms with Crippen LogP contribution in [0.2, 0.25) is 0 Å². The van der Waals surface area contributed by atoms with Crippen molar-refractivity contribution in [2.24, 2.45) is 0 Å². The van der Waals surface area contributed by atoms with Crippen LogP contribution in [0.15, 0.2) is 16.5 Å². The number of carbonyl (C=O) groups is 2. The molecule has 2 aliphatic rings. The smallest absolute Gasteiger partial charge is 0.326 e. The molecule has 5 rings (SSSR count). The number of likely N-dealkylation sites (tertiary alicyclic amines) is 1. The third-order valence-electron chi connectivity index (χ3n) is 7.43. The molecule has 1 N–H and O–H groups in total. The van der Waals surface area contributed by atoms with Crippen molar-refractivity contribution in [3.8, 4) is 29.1 Å². The van der Waals surface area contributed by atoms with E-state index < -0.39 is 24.3 Å². The van der Waals surface area contributed by atoms with Gasteiger partial charge in [0, 0.05) is 12.1 Å². The van der Waals surface area contributed by atoms with Gasteiger partial charge in [-0.1, -0.05) is 13.3 Å². The number of carbonyl (C=O) groups excluding carboxylic acids is 1. The Bertz CT molecular complexity index is 1400. The number of halogens is 1. The normalized spacial score (nSPS) is 20.8. The minimum atomic E-state index is -1.08. The molecule has 41 heavy (non-hydrogen) atoms. The summed E-state index contributed by atoms with van der Waals surface area (Å²) in [7, 11) is 0. The molecule has 11 nitrogen and oxygen atoms in total. The Hall–Kier alpha value is -3.96. The summed E-state index contributed by atoms with van der Waals surface area (Å²) < 4.78 is 37.9. The van der Waals surface area contributed by atoms with E-state index in [0.717, 1.165) is 30.4 Å². The van der Waals surface area contributed by atoms with Crippen LogP contribution in [0.1, 0.15) is 63.0 Å². The van der Waals surface area contributed by atoms with Crippen molar-refractivity contribution in [3.63, 3.8) is 0 Å². The second kappa shape index (κ2) is 12.3. The zero-order valence-electron chi connectivity index (χ0n) is 23.5. The molecule has 1 amide bonds. The molecule has 3 atom stereocenters. The number of hydrogen-bond acceptors (Lipinski definition) is 9. The van der Waals surface area contributed by atoms with Gasteiger partial charge in [-0.05, 0) is 75.6 Å². The molecule has 1 aromatic carbocycles. The monoisotopic (exact) mass is 570 g/mol. The van der Waals surface area contributed by atoms with E-state index in [1.54, 1.807) is 0 Å². The zero-order chi connectivity index (χ0) is 29.1. The van der Waals surface area contributed by atoms with Gasteiger partial charge in [0.15, 0.2) is 12.1 Å². The molecule has 1 saturated carbocycles. The lowest BCUT2D eigenvalue weighted by molar-refractivity contribution is -0.149. The quantitative estimate of drug-likeness (QED) is 0.362. The molecule has 3 aromatic rings. The number of rotatable bonds is 10. The van der Waals surface area contributed by atoms with Gasteiger partial charge >= 0.3 is 12.0 Å². The molecule has 1 unspecified atom stereocenters. The van der Waals surface area contributed by atoms with E-state index in [0.29, 0.717) is 55.7 Å². The largest absolute Gasteiger partial charge is 0.483 e. The van der Waals surface area contributed by atoms with E-state index in [2.05, 4.69) is 15.0 Å². The molecule has 0 radical (unpaired) electrons. The molecule has 0 bridgehead atoms. The highest BCUT2D eigenvalue weighted by molar-refractivity contribution is 5.85. The highest BCUT2D eigenvalue weighted by atomic mass is 19.1. The molecule has 220 valence electrons. The number of fused-ring (bicyclic) bond motifs is 1. The van der Waals surface area contributed by atoms with E-state index in [1.807, 2.05) is 32.9 Å². The Morgan fingerprint density at radius 2 is 1.83 bits per heavy atom. The third-order valence-corrected chi connectivity index (χ3v) is 7.43. The number of alkyl halides is 1. The summed E-state index contributed by atoms with van der Waals surface area (Å²) in [6, 6.07) is 2.82. The summed E-state index contributed by atoms with van der Waals surface area (Å²) in [5.74, 6) is -0.344. The van der Waals surface area contributed by atoms with Crippen LogP contribution in [0.25, 0.3) is 22.7 Å². The van der Waals surface area contributed by atoms with Crippen molar-refractivity contribution in [1.29, 1.82) is 0 Å². The Morgan fingerprint density at radius 3 is 2.54 bits per heavy atom. The number of aromatic nitrogens is 3. The topological polar surface area (TPSA) is 137 Å². The summed E-state index contributed by atoms with van der Waals surface area (Å²) in [5, 5.41) is 9.37. The minimum absolute atomic E-state index is 0.00947. The van der Waals surface area contributed by atoms with Crippen LogP contribution >= 0.6 is 0 Å². The fourth-order valence-electron chi connectivity index (χ4n) is 5.41. The summed E-state index contributed by atoms with van der Waals surface area (Å²) in [6.45, 7) is 6.20. The van der Waals surface area contributed by atoms with Gasteiger partial charge < -0.3 is 28.6 Å². The van der Waals surface area contributed by atoms with Crippen LogP contribution in [-0.4, -0.2) is 74.9 Å². The first kappa shape index (κ1) is 28.6. The predicted molar refractivity (Wildman–Crippen MR) is 146 cm³/mol. The number of carboxylic acid groups (broad SMARTS) is 1. The molecular weight excluding hydrogens is 535 g/mol. The van der Waals surface area contributed by atoms with Crippen LogP contribution in [0.3, 0.4) is 0 Å². The maximum Gasteiger partial charge on any atom is 0.326 e. The van der Waals surface area contributed by atoms with E-state index >= 15 is 0 Å². The Labute approximate surface area is 237 Å². The summed E-state index contributed by atoms with van der Waals surface area (Å²) in [4.78, 5) is 38.8. The van der Waals surface area contributed by atoms with Gasteiger partial charge in [-0.25, -0.2) is 14.2 Å². The number of nitrogens with zero attached hydrogens (tertiary/aromatic N) is 4. The number of hydrogen-bond donors (Lipinski definition) is 1. The molecule has 0 spiro atoms. The Morgan fingerprint density at radius 1 is 1.07 bits per heavy atom. The number of benzene rings is 1. The second-order valence-corrected chi connectivity index (χ2v) is 10.6. The van der Waals surface area contributed by atoms with Crippen molar-refractivity contribution >= 4 is 23.1 Å². The maximum atomic E-state index is 14.4. The van der Waals surface area contributed by atoms with Gasteiger partial charge in [0.2, 0.25) is 5.89 Å². The molecule has 3 heterocycles. The lowest BCUT2D eigenvalue weighted by atomic mass is 9.96. The number of oxazole rings is 1. The van der Waals surface area contributed by atoms with Crippen LogP contribution in [0.4, 0.5) is 4.39 Å². The number of aryl methyl sites for hydroxylation is 2. The zero-order valence-corrected chi connectivity index (χ0v) is 23.5. The highest BCUT2D eigenvalue weighted by Crippen LogP contribution is 2.34. The van der Waals surface area contributed by atoms with Crippen molar-refractivity contribution in [1.82, 2.24) is 19.9 Å². The molecule has 1 saturated heterocycles. The van der Waals surface area contributed by atoms with Crippen molar-refractivity contribution in [3.05, 3.63) is 23.3 Å². The maximum absolute atomic E-state index is 14.4. The summed E-state index contributed by atoms with van der Waals surface area (Å²) in [5.41, 5.74) is 2.65. The number of aliphatic carboxylic acids is 1. The lowest BCUT2D eigenvalue weighted by Gasteiger charge is -2.25. The van der Waals surface area contributed by atoms with E-state index in [9.17, 15) is 19.1 Å². The van der Waals surface area contributed by atoms with Gasteiger partial charge in [-0.2, -0.15) is 9.97 Å². The molecule has 1 aliphatic carbocycles. The summed E-state index contributed by atoms with van der Waals surface area (Å²) in [6.07, 6.45) is 2.90. The SMILES string of the molecule is CCCOc1nc(OC2CCCC[C@H]2F)nc2oc(-c3cc(C)c(OCC(=O)N4CCC[C@H]4C(=O)O)c(C)c3)nc12. The van der Waals surface area contributed by atoms with Crippen LogP contribution < -0.4 is 14.2 Å². The number of carboxylic acids is 1. The third kappa shape index (κ3) is 6.20. The van der Waals surface area contributed by atoms with Crippen LogP contribution in [-0.2, 0) is 9.59 Å². The van der Waals surface area contributed by atoms with Gasteiger partial charge in [0.05, 0.1) is 6.61 Å². The first-order valence-electron chi connectivity index (χ1n) is 14.1.